The fourth-order valence-corrected chi connectivity index (χ4v) is 5.70. The molecule has 1 aliphatic rings. The lowest BCUT2D eigenvalue weighted by Gasteiger charge is -2.28. The lowest BCUT2D eigenvalue weighted by Crippen LogP contribution is -2.48. The third-order valence-corrected chi connectivity index (χ3v) is 8.65. The molecule has 1 unspecified atom stereocenters. The number of phenols is 1. The van der Waals surface area contributed by atoms with Crippen LogP contribution in [0.4, 0.5) is 8.78 Å². The molecular formula is C42H53F2N3O3. The van der Waals surface area contributed by atoms with Gasteiger partial charge in [0.2, 0.25) is 0 Å². The van der Waals surface area contributed by atoms with Gasteiger partial charge in [0.1, 0.15) is 5.75 Å². The van der Waals surface area contributed by atoms with Crippen molar-refractivity contribution in [1.82, 2.24) is 5.32 Å². The number of carbonyl (C=O) groups is 2. The van der Waals surface area contributed by atoms with Crippen molar-refractivity contribution in [1.29, 1.82) is 5.41 Å². The van der Waals surface area contributed by atoms with Crippen molar-refractivity contribution < 1.29 is 23.5 Å². The zero-order chi connectivity index (χ0) is 37.1. The molecule has 50 heavy (non-hydrogen) atoms. The summed E-state index contributed by atoms with van der Waals surface area (Å²) in [6, 6.07) is 12.5. The summed E-state index contributed by atoms with van der Waals surface area (Å²) in [6.45, 7) is 13.5. The molecule has 0 fully saturated rings. The number of amidine groups is 1. The number of allylic oxidation sites excluding steroid dienone is 7. The fraction of sp³-hybridized carbons (Fsp3) is 0.429. The number of nitrogens with zero attached hydrogens (tertiary/aromatic N) is 1. The van der Waals surface area contributed by atoms with Gasteiger partial charge in [0.25, 0.3) is 0 Å². The summed E-state index contributed by atoms with van der Waals surface area (Å²) in [7, 11) is 0. The average Bonchev–Trinajstić information content (AvgIpc) is 3.06. The highest BCUT2D eigenvalue weighted by Crippen LogP contribution is 2.27. The van der Waals surface area contributed by atoms with Crippen LogP contribution in [0, 0.1) is 17.7 Å². The molecule has 0 aromatic heterocycles. The molecule has 6 nitrogen and oxygen atoms in total. The standard InChI is InChI=1S/C42H53F2N3O3/c1-8-42(43,44)40-46-24-22-33(47-40)16-12-15-31(28(2)3)26-32(18-17-30-13-10-9-11-14-30)37(49)20-19-36(45)39-29(4)25-34(48)27-35(39)38(50)21-23-41(5,6)7/h9-11,13-14,17-18,21,23,25-27,33,45,48H,8,12,15-16,19-20,22,24H2,1-7H3,(H,46,47). The molecule has 0 radical (unpaired) electrons. The van der Waals surface area contributed by atoms with E-state index in [1.807, 2.05) is 77.1 Å². The molecular weight excluding hydrogens is 632 g/mol. The van der Waals surface area contributed by atoms with Crippen LogP contribution in [0.5, 0.6) is 5.75 Å². The minimum absolute atomic E-state index is 0.0470. The second-order valence-corrected chi connectivity index (χ2v) is 14.3. The van der Waals surface area contributed by atoms with Crippen LogP contribution in [-0.2, 0) is 4.79 Å². The second-order valence-electron chi connectivity index (χ2n) is 14.3. The Balaban J connectivity index is 1.82. The number of carbonyl (C=O) groups excluding carboxylic acids is 2. The van der Waals surface area contributed by atoms with E-state index >= 15 is 0 Å². The second kappa shape index (κ2) is 18.0. The third-order valence-electron chi connectivity index (χ3n) is 8.65. The molecule has 0 saturated heterocycles. The number of rotatable bonds is 16. The third kappa shape index (κ3) is 12.1. The quantitative estimate of drug-likeness (QED) is 0.0708. The molecule has 2 aromatic carbocycles. The normalized spacial score (nSPS) is 15.6. The van der Waals surface area contributed by atoms with Crippen molar-refractivity contribution in [3.8, 4) is 5.75 Å². The topological polar surface area (TPSA) is 103 Å². The van der Waals surface area contributed by atoms with E-state index in [0.717, 1.165) is 23.1 Å². The SMILES string of the molecule is CCC(F)(F)C1=NCCC(CCCC(C=C(C=Cc2ccccc2)C(=O)CCC(=N)c2c(C)cc(O)cc2C(=O)C=CC(C)(C)C)=C(C)C)N1. The summed E-state index contributed by atoms with van der Waals surface area (Å²) < 4.78 is 28.5. The monoisotopic (exact) mass is 685 g/mol. The Kier molecular flexibility index (Phi) is 14.4. The van der Waals surface area contributed by atoms with Gasteiger partial charge in [-0.3, -0.25) is 14.6 Å². The zero-order valence-electron chi connectivity index (χ0n) is 30.6. The van der Waals surface area contributed by atoms with E-state index < -0.39 is 5.92 Å². The van der Waals surface area contributed by atoms with Crippen molar-refractivity contribution in [3.63, 3.8) is 0 Å². The van der Waals surface area contributed by atoms with Gasteiger partial charge >= 0.3 is 5.92 Å². The molecule has 8 heteroatoms. The Bertz CT molecular complexity index is 1690. The molecule has 0 spiro atoms. The van der Waals surface area contributed by atoms with Gasteiger partial charge in [-0.2, -0.15) is 8.78 Å². The number of halogens is 2. The summed E-state index contributed by atoms with van der Waals surface area (Å²) in [5, 5.41) is 22.2. The van der Waals surface area contributed by atoms with Crippen molar-refractivity contribution in [2.45, 2.75) is 105 Å². The van der Waals surface area contributed by atoms with Gasteiger partial charge in [-0.1, -0.05) is 81.8 Å². The maximum absolute atomic E-state index is 14.3. The first-order chi connectivity index (χ1) is 23.5. The number of aryl methyl sites for hydroxylation is 1. The molecule has 0 saturated carbocycles. The molecule has 2 aromatic rings. The summed E-state index contributed by atoms with van der Waals surface area (Å²) in [6.07, 6.45) is 11.5. The zero-order valence-corrected chi connectivity index (χ0v) is 30.6. The first-order valence-corrected chi connectivity index (χ1v) is 17.5. The first-order valence-electron chi connectivity index (χ1n) is 17.5. The van der Waals surface area contributed by atoms with Gasteiger partial charge in [-0.05, 0) is 99.3 Å². The molecule has 0 amide bonds. The Morgan fingerprint density at radius 3 is 2.40 bits per heavy atom. The highest BCUT2D eigenvalue weighted by Gasteiger charge is 2.36. The van der Waals surface area contributed by atoms with Gasteiger partial charge in [-0.15, -0.1) is 0 Å². The number of ketones is 2. The predicted octanol–water partition coefficient (Wildman–Crippen LogP) is 10.2. The summed E-state index contributed by atoms with van der Waals surface area (Å²) >= 11 is 0. The van der Waals surface area contributed by atoms with E-state index in [1.54, 1.807) is 19.1 Å². The fourth-order valence-electron chi connectivity index (χ4n) is 5.70. The van der Waals surface area contributed by atoms with E-state index in [0.29, 0.717) is 42.5 Å². The maximum atomic E-state index is 14.3. The average molecular weight is 686 g/mol. The smallest absolute Gasteiger partial charge is 0.303 e. The molecule has 268 valence electrons. The van der Waals surface area contributed by atoms with Crippen molar-refractivity contribution in [2.75, 3.05) is 6.54 Å². The van der Waals surface area contributed by atoms with Gasteiger partial charge in [0.05, 0.1) is 0 Å². The minimum atomic E-state index is -2.95. The summed E-state index contributed by atoms with van der Waals surface area (Å²) in [5.41, 5.74) is 4.66. The number of benzene rings is 2. The van der Waals surface area contributed by atoms with Crippen molar-refractivity contribution in [2.24, 2.45) is 10.4 Å². The molecule has 3 N–H and O–H groups in total. The molecule has 1 aliphatic heterocycles. The van der Waals surface area contributed by atoms with Crippen LogP contribution >= 0.6 is 0 Å². The van der Waals surface area contributed by atoms with Crippen LogP contribution in [0.3, 0.4) is 0 Å². The lowest BCUT2D eigenvalue weighted by atomic mass is 9.89. The predicted molar refractivity (Wildman–Crippen MR) is 202 cm³/mol. The molecule has 1 heterocycles. The van der Waals surface area contributed by atoms with E-state index in [-0.39, 0.29) is 65.1 Å². The Hall–Kier alpha value is -4.46. The molecule has 1 atom stereocenters. The van der Waals surface area contributed by atoms with Crippen molar-refractivity contribution >= 4 is 29.2 Å². The molecule has 0 aliphatic carbocycles. The van der Waals surface area contributed by atoms with Crippen LogP contribution in [0.1, 0.15) is 114 Å². The number of hydrogen-bond acceptors (Lipinski definition) is 6. The number of phenolic OH excluding ortho intramolecular Hbond substituents is 1. The number of Topliss-reactive ketones (excluding diaryl/α,β-unsaturated/α-hetero) is 1. The van der Waals surface area contributed by atoms with Crippen LogP contribution in [-0.4, -0.2) is 46.7 Å². The van der Waals surface area contributed by atoms with Crippen LogP contribution in [0.2, 0.25) is 0 Å². The van der Waals surface area contributed by atoms with Crippen LogP contribution in [0.15, 0.2) is 88.5 Å². The number of hydrogen-bond donors (Lipinski definition) is 3. The lowest BCUT2D eigenvalue weighted by molar-refractivity contribution is -0.115. The number of nitrogens with one attached hydrogen (secondary N) is 2. The number of aromatic hydroxyl groups is 1. The van der Waals surface area contributed by atoms with Crippen LogP contribution < -0.4 is 5.32 Å². The highest BCUT2D eigenvalue weighted by molar-refractivity contribution is 6.15. The Morgan fingerprint density at radius 2 is 1.76 bits per heavy atom. The van der Waals surface area contributed by atoms with E-state index in [9.17, 15) is 23.5 Å². The van der Waals surface area contributed by atoms with Gasteiger partial charge in [-0.25, -0.2) is 0 Å². The minimum Gasteiger partial charge on any atom is -0.508 e. The van der Waals surface area contributed by atoms with Gasteiger partial charge in [0.15, 0.2) is 17.4 Å². The van der Waals surface area contributed by atoms with E-state index in [1.165, 1.54) is 25.1 Å². The first kappa shape index (κ1) is 40.0. The Morgan fingerprint density at radius 1 is 1.06 bits per heavy atom. The van der Waals surface area contributed by atoms with E-state index in [2.05, 4.69) is 10.3 Å². The van der Waals surface area contributed by atoms with Gasteiger partial charge in [0, 0.05) is 47.8 Å². The maximum Gasteiger partial charge on any atom is 0.303 e. The highest BCUT2D eigenvalue weighted by atomic mass is 19.3. The van der Waals surface area contributed by atoms with Crippen LogP contribution in [0.25, 0.3) is 6.08 Å². The van der Waals surface area contributed by atoms with Gasteiger partial charge < -0.3 is 15.8 Å². The molecule has 0 bridgehead atoms. The Labute approximate surface area is 296 Å². The summed E-state index contributed by atoms with van der Waals surface area (Å²) in [4.78, 5) is 31.1. The number of aliphatic imine (C=N–C) groups is 1. The largest absolute Gasteiger partial charge is 0.508 e. The van der Waals surface area contributed by atoms with Crippen molar-refractivity contribution in [3.05, 3.63) is 106 Å². The van der Waals surface area contributed by atoms with E-state index in [4.69, 9.17) is 5.41 Å². The molecule has 3 rings (SSSR count). The summed E-state index contributed by atoms with van der Waals surface area (Å²) in [5.74, 6) is -3.68. The number of alkyl halides is 2.